The molecule has 0 radical (unpaired) electrons. The third kappa shape index (κ3) is 3.73. The standard InChI is InChI=1S/C13H12BrNO2S/c14-11-5-8-18-13(11)12(16)9-17-7-4-10-3-1-2-6-15-10/h1-3,5-6,8H,4,7,9H2. The van der Waals surface area contributed by atoms with E-state index in [1.807, 2.05) is 29.6 Å². The number of nitrogens with zero attached hydrogens (tertiary/aromatic N) is 1. The van der Waals surface area contributed by atoms with Crippen molar-refractivity contribution < 1.29 is 9.53 Å². The highest BCUT2D eigenvalue weighted by atomic mass is 79.9. The predicted molar refractivity (Wildman–Crippen MR) is 75.1 cm³/mol. The molecule has 0 aromatic carbocycles. The van der Waals surface area contributed by atoms with Crippen LogP contribution in [0.15, 0.2) is 40.3 Å². The van der Waals surface area contributed by atoms with E-state index in [2.05, 4.69) is 20.9 Å². The summed E-state index contributed by atoms with van der Waals surface area (Å²) in [5.41, 5.74) is 0.974. The van der Waals surface area contributed by atoms with Gasteiger partial charge in [-0.2, -0.15) is 0 Å². The monoisotopic (exact) mass is 325 g/mol. The third-order valence-electron chi connectivity index (χ3n) is 2.33. The lowest BCUT2D eigenvalue weighted by molar-refractivity contribution is 0.0768. The van der Waals surface area contributed by atoms with Crippen molar-refractivity contribution in [3.8, 4) is 0 Å². The zero-order valence-electron chi connectivity index (χ0n) is 9.64. The average molecular weight is 326 g/mol. The van der Waals surface area contributed by atoms with Crippen LogP contribution in [0.5, 0.6) is 0 Å². The Labute approximate surface area is 118 Å². The second-order valence-corrected chi connectivity index (χ2v) is 5.41. The Kier molecular flexibility index (Phi) is 5.04. The molecule has 0 N–H and O–H groups in total. The molecule has 2 aromatic rings. The normalized spacial score (nSPS) is 10.5. The molecule has 94 valence electrons. The van der Waals surface area contributed by atoms with Crippen molar-refractivity contribution >= 4 is 33.0 Å². The smallest absolute Gasteiger partial charge is 0.199 e. The van der Waals surface area contributed by atoms with Crippen molar-refractivity contribution in [2.75, 3.05) is 13.2 Å². The summed E-state index contributed by atoms with van der Waals surface area (Å²) in [6.07, 6.45) is 2.48. The first-order valence-electron chi connectivity index (χ1n) is 5.51. The molecule has 0 unspecified atom stereocenters. The van der Waals surface area contributed by atoms with Crippen LogP contribution in [0, 0.1) is 0 Å². The summed E-state index contributed by atoms with van der Waals surface area (Å²) in [7, 11) is 0. The molecule has 0 saturated heterocycles. The molecule has 3 nitrogen and oxygen atoms in total. The van der Waals surface area contributed by atoms with Gasteiger partial charge < -0.3 is 4.74 Å². The summed E-state index contributed by atoms with van der Waals surface area (Å²) in [5, 5.41) is 1.88. The number of rotatable bonds is 6. The van der Waals surface area contributed by atoms with Gasteiger partial charge in [0.05, 0.1) is 11.5 Å². The molecule has 2 rings (SSSR count). The first-order chi connectivity index (χ1) is 8.77. The van der Waals surface area contributed by atoms with Crippen molar-refractivity contribution in [1.29, 1.82) is 0 Å². The van der Waals surface area contributed by atoms with Crippen molar-refractivity contribution in [2.24, 2.45) is 0 Å². The van der Waals surface area contributed by atoms with Gasteiger partial charge in [-0.15, -0.1) is 11.3 Å². The summed E-state index contributed by atoms with van der Waals surface area (Å²) in [6, 6.07) is 7.63. The minimum atomic E-state index is 0.0119. The first-order valence-corrected chi connectivity index (χ1v) is 7.18. The van der Waals surface area contributed by atoms with Crippen LogP contribution in [-0.4, -0.2) is 24.0 Å². The predicted octanol–water partition coefficient (Wildman–Crippen LogP) is 3.35. The Balaban J connectivity index is 1.73. The van der Waals surface area contributed by atoms with Crippen molar-refractivity contribution in [3.05, 3.63) is 50.9 Å². The fourth-order valence-corrected chi connectivity index (χ4v) is 2.97. The largest absolute Gasteiger partial charge is 0.373 e. The Bertz CT molecular complexity index is 513. The maximum absolute atomic E-state index is 11.8. The molecule has 0 amide bonds. The van der Waals surface area contributed by atoms with E-state index in [-0.39, 0.29) is 12.4 Å². The number of ether oxygens (including phenoxy) is 1. The fourth-order valence-electron chi connectivity index (χ4n) is 1.45. The van der Waals surface area contributed by atoms with Crippen molar-refractivity contribution in [1.82, 2.24) is 4.98 Å². The summed E-state index contributed by atoms with van der Waals surface area (Å²) >= 11 is 4.76. The Morgan fingerprint density at radius 3 is 2.94 bits per heavy atom. The Morgan fingerprint density at radius 1 is 1.39 bits per heavy atom. The number of halogens is 1. The maximum atomic E-state index is 11.8. The van der Waals surface area contributed by atoms with Gasteiger partial charge in [0.15, 0.2) is 5.78 Å². The Hall–Kier alpha value is -1.04. The van der Waals surface area contributed by atoms with Crippen molar-refractivity contribution in [3.63, 3.8) is 0 Å². The molecule has 0 atom stereocenters. The lowest BCUT2D eigenvalue weighted by atomic mass is 10.3. The van der Waals surface area contributed by atoms with Crippen LogP contribution in [0.2, 0.25) is 0 Å². The van der Waals surface area contributed by atoms with Crippen LogP contribution >= 0.6 is 27.3 Å². The molecule has 0 aliphatic rings. The van der Waals surface area contributed by atoms with E-state index in [0.717, 1.165) is 16.6 Å². The second kappa shape index (κ2) is 6.78. The van der Waals surface area contributed by atoms with Gasteiger partial charge >= 0.3 is 0 Å². The summed E-state index contributed by atoms with van der Waals surface area (Å²) < 4.78 is 6.21. The molecule has 0 aliphatic heterocycles. The van der Waals surface area contributed by atoms with E-state index < -0.39 is 0 Å². The van der Waals surface area contributed by atoms with Crippen LogP contribution in [0.3, 0.4) is 0 Å². The molecular weight excluding hydrogens is 314 g/mol. The minimum Gasteiger partial charge on any atom is -0.373 e. The first kappa shape index (κ1) is 13.4. The van der Waals surface area contributed by atoms with Gasteiger partial charge in [-0.25, -0.2) is 0 Å². The molecule has 18 heavy (non-hydrogen) atoms. The van der Waals surface area contributed by atoms with Gasteiger partial charge in [0.2, 0.25) is 0 Å². The lowest BCUT2D eigenvalue weighted by Crippen LogP contribution is -2.10. The average Bonchev–Trinajstić information content (AvgIpc) is 2.82. The highest BCUT2D eigenvalue weighted by Gasteiger charge is 2.11. The van der Waals surface area contributed by atoms with Crippen LogP contribution in [0.4, 0.5) is 0 Å². The van der Waals surface area contributed by atoms with Crippen LogP contribution < -0.4 is 0 Å². The maximum Gasteiger partial charge on any atom is 0.199 e. The van der Waals surface area contributed by atoms with Gasteiger partial charge in [-0.05, 0) is 39.5 Å². The van der Waals surface area contributed by atoms with E-state index in [1.54, 1.807) is 6.20 Å². The highest BCUT2D eigenvalue weighted by Crippen LogP contribution is 2.22. The zero-order valence-corrected chi connectivity index (χ0v) is 12.0. The minimum absolute atomic E-state index is 0.0119. The zero-order chi connectivity index (χ0) is 12.8. The van der Waals surface area contributed by atoms with E-state index in [4.69, 9.17) is 4.74 Å². The van der Waals surface area contributed by atoms with Gasteiger partial charge in [0, 0.05) is 22.8 Å². The quantitative estimate of drug-likeness (QED) is 0.604. The van der Waals surface area contributed by atoms with Crippen molar-refractivity contribution in [2.45, 2.75) is 6.42 Å². The molecule has 0 spiro atoms. The number of ketones is 1. The van der Waals surface area contributed by atoms with E-state index in [9.17, 15) is 4.79 Å². The topological polar surface area (TPSA) is 39.2 Å². The van der Waals surface area contributed by atoms with E-state index in [0.29, 0.717) is 11.5 Å². The summed E-state index contributed by atoms with van der Waals surface area (Å²) in [4.78, 5) is 16.7. The number of pyridine rings is 1. The summed E-state index contributed by atoms with van der Waals surface area (Å²) in [6.45, 7) is 0.623. The lowest BCUT2D eigenvalue weighted by Gasteiger charge is -2.02. The SMILES string of the molecule is O=C(COCCc1ccccn1)c1sccc1Br. The molecule has 2 aromatic heterocycles. The third-order valence-corrected chi connectivity index (χ3v) is 4.21. The molecule has 0 bridgehead atoms. The molecule has 2 heterocycles. The number of thiophene rings is 1. The fraction of sp³-hybridized carbons (Fsp3) is 0.231. The summed E-state index contributed by atoms with van der Waals surface area (Å²) in [5.74, 6) is 0.0119. The number of hydrogen-bond acceptors (Lipinski definition) is 4. The number of aromatic nitrogens is 1. The molecule has 0 saturated carbocycles. The highest BCUT2D eigenvalue weighted by molar-refractivity contribution is 9.10. The number of carbonyl (C=O) groups is 1. The number of carbonyl (C=O) groups excluding carboxylic acids is 1. The molecule has 5 heteroatoms. The van der Waals surface area contributed by atoms with Gasteiger partial charge in [-0.1, -0.05) is 6.07 Å². The van der Waals surface area contributed by atoms with Crippen LogP contribution in [-0.2, 0) is 11.2 Å². The van der Waals surface area contributed by atoms with Crippen LogP contribution in [0.25, 0.3) is 0 Å². The molecule has 0 fully saturated rings. The van der Waals surface area contributed by atoms with Crippen LogP contribution in [0.1, 0.15) is 15.4 Å². The Morgan fingerprint density at radius 2 is 2.28 bits per heavy atom. The van der Waals surface area contributed by atoms with E-state index >= 15 is 0 Å². The van der Waals surface area contributed by atoms with Gasteiger partial charge in [0.1, 0.15) is 6.61 Å². The second-order valence-electron chi connectivity index (χ2n) is 3.64. The van der Waals surface area contributed by atoms with Gasteiger partial charge in [-0.3, -0.25) is 9.78 Å². The molecule has 0 aliphatic carbocycles. The number of Topliss-reactive ketones (excluding diaryl/α,β-unsaturated/α-hetero) is 1. The number of hydrogen-bond donors (Lipinski definition) is 0. The van der Waals surface area contributed by atoms with Gasteiger partial charge in [0.25, 0.3) is 0 Å². The molecular formula is C13H12BrNO2S. The van der Waals surface area contributed by atoms with E-state index in [1.165, 1.54) is 11.3 Å².